The van der Waals surface area contributed by atoms with E-state index in [1.807, 2.05) is 13.8 Å². The minimum atomic E-state index is -0.626. The molecule has 0 aliphatic heterocycles. The molecule has 0 saturated heterocycles. The van der Waals surface area contributed by atoms with Crippen LogP contribution in [0.4, 0.5) is 15.8 Å². The summed E-state index contributed by atoms with van der Waals surface area (Å²) >= 11 is 5.73. The lowest BCUT2D eigenvalue weighted by molar-refractivity contribution is -0.116. The van der Waals surface area contributed by atoms with Crippen LogP contribution in [0.2, 0.25) is 5.02 Å². The minimum Gasteiger partial charge on any atom is -0.397 e. The number of hydrogen-bond donors (Lipinski definition) is 2. The van der Waals surface area contributed by atoms with Crippen molar-refractivity contribution in [3.8, 4) is 0 Å². The molecule has 0 radical (unpaired) electrons. The molecule has 18 heavy (non-hydrogen) atoms. The third kappa shape index (κ3) is 3.50. The molecule has 1 amide bonds. The first-order valence-electron chi connectivity index (χ1n) is 5.59. The Morgan fingerprint density at radius 3 is 2.61 bits per heavy atom. The highest BCUT2D eigenvalue weighted by Crippen LogP contribution is 2.32. The first-order chi connectivity index (χ1) is 8.32. The maximum absolute atomic E-state index is 14.0. The molecule has 0 heterocycles. The molecule has 0 saturated carbocycles. The standard InChI is InChI=1S/C12H17ClFN3O/c1-7(2)5-17(6-10(16)18)12-9(15)4-3-8(13)11(12)14/h3-4,7H,5-6,15H2,1-2H3,(H2,16,18). The van der Waals surface area contributed by atoms with Crippen LogP contribution in [0.25, 0.3) is 0 Å². The van der Waals surface area contributed by atoms with Crippen LogP contribution in [0.5, 0.6) is 0 Å². The Balaban J connectivity index is 3.19. The number of hydrogen-bond acceptors (Lipinski definition) is 3. The fraction of sp³-hybridized carbons (Fsp3) is 0.417. The second-order valence-electron chi connectivity index (χ2n) is 4.54. The summed E-state index contributed by atoms with van der Waals surface area (Å²) in [6.45, 7) is 4.27. The fourth-order valence-corrected chi connectivity index (χ4v) is 1.89. The van der Waals surface area contributed by atoms with E-state index in [2.05, 4.69) is 0 Å². The molecular weight excluding hydrogens is 257 g/mol. The van der Waals surface area contributed by atoms with Crippen molar-refractivity contribution >= 4 is 28.9 Å². The Morgan fingerprint density at radius 1 is 1.50 bits per heavy atom. The fourth-order valence-electron chi connectivity index (χ4n) is 1.74. The van der Waals surface area contributed by atoms with E-state index in [0.29, 0.717) is 6.54 Å². The predicted molar refractivity (Wildman–Crippen MR) is 72.1 cm³/mol. The summed E-state index contributed by atoms with van der Waals surface area (Å²) in [4.78, 5) is 12.6. The van der Waals surface area contributed by atoms with Gasteiger partial charge in [0.1, 0.15) is 0 Å². The number of carbonyl (C=O) groups excluding carboxylic acids is 1. The van der Waals surface area contributed by atoms with Crippen LogP contribution in [0.3, 0.4) is 0 Å². The molecule has 0 spiro atoms. The number of nitrogens with two attached hydrogens (primary N) is 2. The second kappa shape index (κ2) is 5.91. The Bertz CT molecular complexity index is 451. The summed E-state index contributed by atoms with van der Waals surface area (Å²) in [5.74, 6) is -0.949. The quantitative estimate of drug-likeness (QED) is 0.806. The lowest BCUT2D eigenvalue weighted by Crippen LogP contribution is -2.37. The largest absolute Gasteiger partial charge is 0.397 e. The zero-order chi connectivity index (χ0) is 13.9. The van der Waals surface area contributed by atoms with Gasteiger partial charge < -0.3 is 16.4 Å². The van der Waals surface area contributed by atoms with E-state index < -0.39 is 11.7 Å². The maximum Gasteiger partial charge on any atom is 0.236 e. The molecule has 0 bridgehead atoms. The molecule has 0 fully saturated rings. The maximum atomic E-state index is 14.0. The number of rotatable bonds is 5. The minimum absolute atomic E-state index is 0.0302. The number of anilines is 2. The number of primary amides is 1. The molecule has 1 aromatic carbocycles. The molecule has 4 N–H and O–H groups in total. The predicted octanol–water partition coefficient (Wildman–Crippen LogP) is 2.01. The van der Waals surface area contributed by atoms with E-state index >= 15 is 0 Å². The summed E-state index contributed by atoms with van der Waals surface area (Å²) in [6, 6.07) is 2.89. The van der Waals surface area contributed by atoms with Gasteiger partial charge in [0.15, 0.2) is 5.82 Å². The summed E-state index contributed by atoms with van der Waals surface area (Å²) in [7, 11) is 0. The van der Waals surface area contributed by atoms with Crippen LogP contribution >= 0.6 is 11.6 Å². The van der Waals surface area contributed by atoms with Crippen LogP contribution in [-0.4, -0.2) is 19.0 Å². The molecular formula is C12H17ClFN3O. The lowest BCUT2D eigenvalue weighted by atomic mass is 10.1. The number of carbonyl (C=O) groups is 1. The van der Waals surface area contributed by atoms with Crippen molar-refractivity contribution in [2.45, 2.75) is 13.8 Å². The zero-order valence-electron chi connectivity index (χ0n) is 10.4. The Kier molecular flexibility index (Phi) is 4.78. The van der Waals surface area contributed by atoms with Gasteiger partial charge in [-0.2, -0.15) is 0 Å². The first-order valence-corrected chi connectivity index (χ1v) is 5.97. The van der Waals surface area contributed by atoms with Gasteiger partial charge in [-0.3, -0.25) is 4.79 Å². The van der Waals surface area contributed by atoms with Crippen molar-refractivity contribution < 1.29 is 9.18 Å². The number of amides is 1. The normalized spacial score (nSPS) is 10.7. The Labute approximate surface area is 111 Å². The highest BCUT2D eigenvalue weighted by Gasteiger charge is 2.19. The topological polar surface area (TPSA) is 72.3 Å². The van der Waals surface area contributed by atoms with E-state index in [4.69, 9.17) is 23.1 Å². The van der Waals surface area contributed by atoms with Gasteiger partial charge in [0.25, 0.3) is 0 Å². The Hall–Kier alpha value is -1.49. The van der Waals surface area contributed by atoms with Crippen molar-refractivity contribution in [1.29, 1.82) is 0 Å². The molecule has 0 atom stereocenters. The summed E-state index contributed by atoms with van der Waals surface area (Å²) in [5.41, 5.74) is 11.3. The lowest BCUT2D eigenvalue weighted by Gasteiger charge is -2.27. The van der Waals surface area contributed by atoms with Crippen LogP contribution in [0.1, 0.15) is 13.8 Å². The highest BCUT2D eigenvalue weighted by atomic mass is 35.5. The Morgan fingerprint density at radius 2 is 2.11 bits per heavy atom. The molecule has 0 unspecified atom stereocenters. The van der Waals surface area contributed by atoms with Crippen molar-refractivity contribution in [3.63, 3.8) is 0 Å². The summed E-state index contributed by atoms with van der Waals surface area (Å²) in [6.07, 6.45) is 0. The van der Waals surface area contributed by atoms with Gasteiger partial charge in [-0.15, -0.1) is 0 Å². The van der Waals surface area contributed by atoms with Gasteiger partial charge in [-0.05, 0) is 18.1 Å². The molecule has 0 aromatic heterocycles. The molecule has 100 valence electrons. The van der Waals surface area contributed by atoms with Gasteiger partial charge >= 0.3 is 0 Å². The van der Waals surface area contributed by atoms with Gasteiger partial charge in [0.2, 0.25) is 5.91 Å². The van der Waals surface area contributed by atoms with Crippen molar-refractivity contribution in [3.05, 3.63) is 23.0 Å². The summed E-state index contributed by atoms with van der Waals surface area (Å²) < 4.78 is 14.0. The molecule has 4 nitrogen and oxygen atoms in total. The first kappa shape index (κ1) is 14.6. The van der Waals surface area contributed by atoms with E-state index in [9.17, 15) is 9.18 Å². The van der Waals surface area contributed by atoms with Crippen LogP contribution < -0.4 is 16.4 Å². The SMILES string of the molecule is CC(C)CN(CC(N)=O)c1c(N)ccc(Cl)c1F. The van der Waals surface area contributed by atoms with Crippen molar-refractivity contribution in [2.24, 2.45) is 11.7 Å². The highest BCUT2D eigenvalue weighted by molar-refractivity contribution is 6.31. The van der Waals surface area contributed by atoms with Crippen LogP contribution in [0, 0.1) is 11.7 Å². The van der Waals surface area contributed by atoms with Crippen molar-refractivity contribution in [2.75, 3.05) is 23.7 Å². The van der Waals surface area contributed by atoms with Crippen LogP contribution in [-0.2, 0) is 4.79 Å². The van der Waals surface area contributed by atoms with E-state index in [1.165, 1.54) is 17.0 Å². The van der Waals surface area contributed by atoms with Crippen molar-refractivity contribution in [1.82, 2.24) is 0 Å². The molecule has 1 aromatic rings. The van der Waals surface area contributed by atoms with Crippen LogP contribution in [0.15, 0.2) is 12.1 Å². The monoisotopic (exact) mass is 273 g/mol. The van der Waals surface area contributed by atoms with Gasteiger partial charge in [0, 0.05) is 6.54 Å². The third-order valence-corrected chi connectivity index (χ3v) is 2.64. The average Bonchev–Trinajstić information content (AvgIpc) is 2.22. The van der Waals surface area contributed by atoms with Gasteiger partial charge in [-0.25, -0.2) is 4.39 Å². The molecule has 1 rings (SSSR count). The van der Waals surface area contributed by atoms with Gasteiger partial charge in [0.05, 0.1) is 22.9 Å². The second-order valence-corrected chi connectivity index (χ2v) is 4.95. The zero-order valence-corrected chi connectivity index (χ0v) is 11.2. The number of halogens is 2. The average molecular weight is 274 g/mol. The van der Waals surface area contributed by atoms with Gasteiger partial charge in [-0.1, -0.05) is 25.4 Å². The third-order valence-electron chi connectivity index (χ3n) is 2.35. The molecule has 6 heteroatoms. The number of nitrogens with zero attached hydrogens (tertiary/aromatic N) is 1. The number of nitrogen functional groups attached to an aromatic ring is 1. The number of benzene rings is 1. The smallest absolute Gasteiger partial charge is 0.236 e. The van der Waals surface area contributed by atoms with E-state index in [-0.39, 0.29) is 28.9 Å². The van der Waals surface area contributed by atoms with E-state index in [1.54, 1.807) is 0 Å². The molecule has 0 aliphatic rings. The molecule has 0 aliphatic carbocycles. The van der Waals surface area contributed by atoms with E-state index in [0.717, 1.165) is 0 Å². The summed E-state index contributed by atoms with van der Waals surface area (Å²) in [5, 5.41) is -0.0302.